The van der Waals surface area contributed by atoms with E-state index < -0.39 is 8.07 Å². The molecular weight excluding hydrogens is 555 g/mol. The summed E-state index contributed by atoms with van der Waals surface area (Å²) in [7, 11) is -1.96. The zero-order valence-electron chi connectivity index (χ0n) is 23.8. The number of anilines is 3. The summed E-state index contributed by atoms with van der Waals surface area (Å²) in [5, 5.41) is 9.85. The highest BCUT2D eigenvalue weighted by Crippen LogP contribution is 2.50. The summed E-state index contributed by atoms with van der Waals surface area (Å²) in [6.45, 7) is 5.19. The molecule has 11 rings (SSSR count). The quantitative estimate of drug-likeness (QED) is 0.167. The van der Waals surface area contributed by atoms with Crippen molar-refractivity contribution in [2.75, 3.05) is 4.90 Å². The van der Waals surface area contributed by atoms with Crippen molar-refractivity contribution in [3.05, 3.63) is 115 Å². The third-order valence-corrected chi connectivity index (χ3v) is 15.2. The second-order valence-electron chi connectivity index (χ2n) is 12.9. The summed E-state index contributed by atoms with van der Waals surface area (Å²) in [6.07, 6.45) is 0. The minimum Gasteiger partial charge on any atom is -0.367 e. The van der Waals surface area contributed by atoms with E-state index in [4.69, 9.17) is 0 Å². The van der Waals surface area contributed by atoms with Crippen LogP contribution in [0.4, 0.5) is 17.1 Å². The van der Waals surface area contributed by atoms with E-state index in [2.05, 4.69) is 138 Å². The zero-order chi connectivity index (χ0) is 28.2. The Labute approximate surface area is 254 Å². The monoisotopic (exact) mass is 580 g/mol. The molecule has 0 saturated carbocycles. The van der Waals surface area contributed by atoms with Crippen LogP contribution in [0.3, 0.4) is 0 Å². The first kappa shape index (κ1) is 22.9. The number of nitrogens with zero attached hydrogens (tertiary/aromatic N) is 2. The van der Waals surface area contributed by atoms with Crippen LogP contribution < -0.4 is 26.2 Å². The number of fused-ring (bicyclic) bond motifs is 13. The van der Waals surface area contributed by atoms with Gasteiger partial charge in [-0.2, -0.15) is 0 Å². The van der Waals surface area contributed by atoms with Gasteiger partial charge in [-0.3, -0.25) is 0 Å². The number of para-hydroxylation sites is 3. The Balaban J connectivity index is 1.41. The molecule has 0 saturated heterocycles. The third-order valence-electron chi connectivity index (χ3n) is 10.5. The topological polar surface area (TPSA) is 8.17 Å². The second kappa shape index (κ2) is 7.49. The molecule has 8 aromatic rings. The first-order valence-electron chi connectivity index (χ1n) is 15.2. The van der Waals surface area contributed by atoms with Crippen molar-refractivity contribution in [3.63, 3.8) is 0 Å². The van der Waals surface area contributed by atoms with Crippen LogP contribution in [0, 0.1) is 0 Å². The lowest BCUT2D eigenvalue weighted by atomic mass is 9.45. The van der Waals surface area contributed by atoms with E-state index >= 15 is 0 Å². The lowest BCUT2D eigenvalue weighted by molar-refractivity contribution is 1.27. The fraction of sp³-hybridized carbons (Fsp3) is 0.0526. The molecule has 5 heterocycles. The van der Waals surface area contributed by atoms with Gasteiger partial charge in [0.25, 0.3) is 0 Å². The Morgan fingerprint density at radius 3 is 2.33 bits per heavy atom. The molecule has 5 heteroatoms. The van der Waals surface area contributed by atoms with E-state index in [-0.39, 0.29) is 6.85 Å². The lowest BCUT2D eigenvalue weighted by Gasteiger charge is -2.48. The van der Waals surface area contributed by atoms with Crippen molar-refractivity contribution < 1.29 is 0 Å². The Kier molecular flexibility index (Phi) is 4.00. The molecule has 43 heavy (non-hydrogen) atoms. The van der Waals surface area contributed by atoms with E-state index in [9.17, 15) is 0 Å². The van der Waals surface area contributed by atoms with Gasteiger partial charge in [0.05, 0.1) is 10.5 Å². The van der Waals surface area contributed by atoms with Gasteiger partial charge in [-0.05, 0) is 50.4 Å². The number of hydrogen-bond acceptors (Lipinski definition) is 2. The highest BCUT2D eigenvalue weighted by Gasteiger charge is 2.49. The average molecular weight is 581 g/mol. The number of aromatic nitrogens is 1. The molecule has 3 aliphatic rings. The summed E-state index contributed by atoms with van der Waals surface area (Å²) < 4.78 is 4.09. The standard InChI is InChI=1S/C38H25BN2SSi/c1-43(2)31-19-8-6-17-29(31)40-36-23-12-4-3-11-22(23)21-27-24-14-9-15-26-33-25-13-5-7-18-30(25)42-38(33)41(35(24)26)39(34(27)36)28-16-10-20-32(43)37(28)40/h3-21H,1-2H3. The van der Waals surface area contributed by atoms with Gasteiger partial charge in [0.2, 0.25) is 0 Å². The van der Waals surface area contributed by atoms with Gasteiger partial charge in [0, 0.05) is 48.7 Å². The Morgan fingerprint density at radius 1 is 0.651 bits per heavy atom. The molecule has 0 atom stereocenters. The van der Waals surface area contributed by atoms with E-state index in [0.717, 1.165) is 0 Å². The smallest absolute Gasteiger partial charge is 0.333 e. The van der Waals surface area contributed by atoms with Gasteiger partial charge in [0.1, 0.15) is 8.07 Å². The minimum atomic E-state index is -1.96. The van der Waals surface area contributed by atoms with Gasteiger partial charge in [0.15, 0.2) is 0 Å². The molecule has 0 spiro atoms. The van der Waals surface area contributed by atoms with Crippen LogP contribution in [0.5, 0.6) is 0 Å². The van der Waals surface area contributed by atoms with Gasteiger partial charge >= 0.3 is 6.85 Å². The first-order chi connectivity index (χ1) is 21.1. The highest BCUT2D eigenvalue weighted by molar-refractivity contribution is 7.26. The molecule has 3 aliphatic heterocycles. The molecule has 0 bridgehead atoms. The van der Waals surface area contributed by atoms with Crippen LogP contribution in [0.15, 0.2) is 115 Å². The SMILES string of the molecule is C[Si]1(C)c2ccccc2N2c3c(cccc31)B1c3c(cc4ccccc4c32)-c2cccc3c4c5ccccc5sc4n1c23. The summed E-state index contributed by atoms with van der Waals surface area (Å²) in [4.78, 5) is 4.05. The van der Waals surface area contributed by atoms with Crippen molar-refractivity contribution in [3.8, 4) is 11.1 Å². The summed E-state index contributed by atoms with van der Waals surface area (Å²) in [5.74, 6) is 0. The maximum atomic E-state index is 2.73. The molecule has 0 aliphatic carbocycles. The van der Waals surface area contributed by atoms with Crippen LogP contribution in [0.2, 0.25) is 13.1 Å². The molecular formula is C38H25BN2SSi. The number of hydrogen-bond donors (Lipinski definition) is 0. The molecule has 0 radical (unpaired) electrons. The highest BCUT2D eigenvalue weighted by atomic mass is 32.1. The second-order valence-corrected chi connectivity index (χ2v) is 18.2. The maximum absolute atomic E-state index is 2.73. The molecule has 0 N–H and O–H groups in total. The van der Waals surface area contributed by atoms with E-state index in [1.54, 1.807) is 5.19 Å². The average Bonchev–Trinajstić information content (AvgIpc) is 3.58. The zero-order valence-corrected chi connectivity index (χ0v) is 25.7. The van der Waals surface area contributed by atoms with Crippen LogP contribution in [0.1, 0.15) is 0 Å². The molecule has 2 nitrogen and oxygen atoms in total. The van der Waals surface area contributed by atoms with E-state index in [0.29, 0.717) is 0 Å². The largest absolute Gasteiger partial charge is 0.367 e. The van der Waals surface area contributed by atoms with Crippen molar-refractivity contribution in [1.82, 2.24) is 4.48 Å². The van der Waals surface area contributed by atoms with Crippen molar-refractivity contribution in [2.45, 2.75) is 13.1 Å². The first-order valence-corrected chi connectivity index (χ1v) is 19.0. The maximum Gasteiger partial charge on any atom is 0.333 e. The normalized spacial score (nSPS) is 15.3. The number of rotatable bonds is 0. The van der Waals surface area contributed by atoms with Gasteiger partial charge in [-0.25, -0.2) is 0 Å². The number of thiophene rings is 1. The Bertz CT molecular complexity index is 2570. The van der Waals surface area contributed by atoms with Crippen LogP contribution in [-0.2, 0) is 0 Å². The van der Waals surface area contributed by atoms with E-state index in [1.807, 2.05) is 11.3 Å². The van der Waals surface area contributed by atoms with Gasteiger partial charge in [-0.1, -0.05) is 110 Å². The van der Waals surface area contributed by atoms with Gasteiger partial charge < -0.3 is 9.38 Å². The predicted molar refractivity (Wildman–Crippen MR) is 190 cm³/mol. The predicted octanol–water partition coefficient (Wildman–Crippen LogP) is 7.72. The molecule has 2 aromatic heterocycles. The minimum absolute atomic E-state index is 0.110. The summed E-state index contributed by atoms with van der Waals surface area (Å²) in [6, 6.07) is 43.9. The molecule has 6 aromatic carbocycles. The van der Waals surface area contributed by atoms with E-state index in [1.165, 1.54) is 86.3 Å². The van der Waals surface area contributed by atoms with Crippen LogP contribution in [-0.4, -0.2) is 19.4 Å². The van der Waals surface area contributed by atoms with Crippen LogP contribution in [0.25, 0.3) is 53.1 Å². The molecule has 0 amide bonds. The Hall–Kier alpha value is -4.58. The lowest BCUT2D eigenvalue weighted by Crippen LogP contribution is -2.65. The molecule has 0 unspecified atom stereocenters. The molecule has 200 valence electrons. The summed E-state index contributed by atoms with van der Waals surface area (Å²) in [5.41, 5.74) is 11.1. The van der Waals surface area contributed by atoms with Crippen LogP contribution >= 0.6 is 11.3 Å². The fourth-order valence-corrected chi connectivity index (χ4v) is 13.0. The molecule has 0 fully saturated rings. The van der Waals surface area contributed by atoms with Gasteiger partial charge in [-0.15, -0.1) is 11.3 Å². The Morgan fingerprint density at radius 2 is 1.40 bits per heavy atom. The summed E-state index contributed by atoms with van der Waals surface area (Å²) >= 11 is 1.95. The van der Waals surface area contributed by atoms with Crippen molar-refractivity contribution in [1.29, 1.82) is 0 Å². The van der Waals surface area contributed by atoms with Crippen molar-refractivity contribution in [2.24, 2.45) is 0 Å². The fourth-order valence-electron chi connectivity index (χ4n) is 8.77. The number of benzene rings is 6. The third kappa shape index (κ3) is 2.52. The van der Waals surface area contributed by atoms with Crippen molar-refractivity contribution >= 4 is 107 Å².